The van der Waals surface area contributed by atoms with Gasteiger partial charge in [-0.3, -0.25) is 4.79 Å². The van der Waals surface area contributed by atoms with Gasteiger partial charge in [-0.25, -0.2) is 0 Å². The fourth-order valence-electron chi connectivity index (χ4n) is 2.89. The molecule has 1 aromatic rings. The van der Waals surface area contributed by atoms with Gasteiger partial charge in [-0.2, -0.15) is 0 Å². The molecule has 0 saturated heterocycles. The van der Waals surface area contributed by atoms with Crippen LogP contribution in [0, 0.1) is 5.92 Å². The molecule has 0 radical (unpaired) electrons. The van der Waals surface area contributed by atoms with Crippen LogP contribution in [0.4, 0.5) is 0 Å². The lowest BCUT2D eigenvalue weighted by Crippen LogP contribution is -2.12. The molecule has 1 nitrogen and oxygen atoms in total. The van der Waals surface area contributed by atoms with Crippen molar-refractivity contribution in [1.82, 2.24) is 0 Å². The molecule has 0 heterocycles. The summed E-state index contributed by atoms with van der Waals surface area (Å²) in [6.07, 6.45) is 6.37. The van der Waals surface area contributed by atoms with Crippen LogP contribution in [0.1, 0.15) is 64.0 Å². The van der Waals surface area contributed by atoms with Gasteiger partial charge in [0.2, 0.25) is 0 Å². The van der Waals surface area contributed by atoms with Gasteiger partial charge in [-0.1, -0.05) is 57.9 Å². The first-order valence-electron chi connectivity index (χ1n) is 7.59. The number of carbonyl (C=O) groups excluding carboxylic acids is 1. The minimum atomic E-state index is 0.207. The Labute approximate surface area is 117 Å². The van der Waals surface area contributed by atoms with E-state index >= 15 is 0 Å². The van der Waals surface area contributed by atoms with Crippen molar-refractivity contribution in [3.05, 3.63) is 35.4 Å². The van der Waals surface area contributed by atoms with E-state index in [9.17, 15) is 4.79 Å². The zero-order valence-corrected chi connectivity index (χ0v) is 12.5. The maximum Gasteiger partial charge on any atom is 0.136 e. The second kappa shape index (κ2) is 5.90. The molecule has 0 bridgehead atoms. The molecular weight excluding hydrogens is 232 g/mol. The summed E-state index contributed by atoms with van der Waals surface area (Å²) in [5.41, 5.74) is 2.86. The molecule has 1 aliphatic carbocycles. The fraction of sp³-hybridized carbons (Fsp3) is 0.611. The Kier molecular flexibility index (Phi) is 4.44. The minimum absolute atomic E-state index is 0.207. The molecule has 1 heteroatoms. The molecule has 0 spiro atoms. The number of Topliss-reactive ketones (excluding diaryl/α,β-unsaturated/α-hetero) is 1. The fourth-order valence-corrected chi connectivity index (χ4v) is 2.89. The Morgan fingerprint density at radius 2 is 1.68 bits per heavy atom. The van der Waals surface area contributed by atoms with Crippen molar-refractivity contribution in [2.45, 2.75) is 64.7 Å². The summed E-state index contributed by atoms with van der Waals surface area (Å²) in [5.74, 6) is 0.853. The minimum Gasteiger partial charge on any atom is -0.299 e. The average molecular weight is 258 g/mol. The summed E-state index contributed by atoms with van der Waals surface area (Å²) >= 11 is 0. The SMILES string of the molecule is CC(C)(C)c1ccc(CCC(=O)C2CCCC2)cc1. The second-order valence-electron chi connectivity index (χ2n) is 6.89. The Bertz CT molecular complexity index is 416. The smallest absolute Gasteiger partial charge is 0.136 e. The topological polar surface area (TPSA) is 17.1 Å². The van der Waals surface area contributed by atoms with Crippen molar-refractivity contribution < 1.29 is 4.79 Å². The van der Waals surface area contributed by atoms with Crippen LogP contribution in [-0.2, 0) is 16.6 Å². The largest absolute Gasteiger partial charge is 0.299 e. The summed E-state index contributed by atoms with van der Waals surface area (Å²) in [6.45, 7) is 6.68. The van der Waals surface area contributed by atoms with E-state index in [1.54, 1.807) is 0 Å². The standard InChI is InChI=1S/C18H26O/c1-18(2,3)16-11-8-14(9-12-16)10-13-17(19)15-6-4-5-7-15/h8-9,11-12,15H,4-7,10,13H2,1-3H3. The van der Waals surface area contributed by atoms with Gasteiger partial charge in [-0.15, -0.1) is 0 Å². The van der Waals surface area contributed by atoms with Crippen LogP contribution in [0.25, 0.3) is 0 Å². The van der Waals surface area contributed by atoms with Gasteiger partial charge in [0.1, 0.15) is 5.78 Å². The number of rotatable bonds is 4. The number of aryl methyl sites for hydroxylation is 1. The molecule has 2 rings (SSSR count). The van der Waals surface area contributed by atoms with Gasteiger partial charge in [0, 0.05) is 12.3 Å². The molecule has 0 aromatic heterocycles. The van der Waals surface area contributed by atoms with Gasteiger partial charge in [0.25, 0.3) is 0 Å². The summed E-state index contributed by atoms with van der Waals surface area (Å²) in [6, 6.07) is 8.77. The van der Waals surface area contributed by atoms with Crippen LogP contribution in [-0.4, -0.2) is 5.78 Å². The lowest BCUT2D eigenvalue weighted by Gasteiger charge is -2.19. The van der Waals surface area contributed by atoms with E-state index in [1.165, 1.54) is 24.0 Å². The third-order valence-corrected chi connectivity index (χ3v) is 4.29. The molecule has 19 heavy (non-hydrogen) atoms. The lowest BCUT2D eigenvalue weighted by atomic mass is 9.86. The Morgan fingerprint density at radius 3 is 2.21 bits per heavy atom. The average Bonchev–Trinajstić information content (AvgIpc) is 2.89. The molecule has 104 valence electrons. The highest BCUT2D eigenvalue weighted by atomic mass is 16.1. The number of carbonyl (C=O) groups is 1. The van der Waals surface area contributed by atoms with Crippen molar-refractivity contribution in [3.8, 4) is 0 Å². The van der Waals surface area contributed by atoms with Crippen molar-refractivity contribution in [3.63, 3.8) is 0 Å². The molecule has 1 aromatic carbocycles. The van der Waals surface area contributed by atoms with Crippen LogP contribution in [0.15, 0.2) is 24.3 Å². The zero-order chi connectivity index (χ0) is 13.9. The summed E-state index contributed by atoms with van der Waals surface area (Å²) in [4.78, 5) is 12.0. The van der Waals surface area contributed by atoms with E-state index < -0.39 is 0 Å². The highest BCUT2D eigenvalue weighted by Crippen LogP contribution is 2.27. The number of hydrogen-bond donors (Lipinski definition) is 0. The summed E-state index contributed by atoms with van der Waals surface area (Å²) < 4.78 is 0. The van der Waals surface area contributed by atoms with E-state index in [-0.39, 0.29) is 5.41 Å². The molecule has 1 saturated carbocycles. The number of benzene rings is 1. The van der Waals surface area contributed by atoms with Crippen molar-refractivity contribution in [2.24, 2.45) is 5.92 Å². The highest BCUT2D eigenvalue weighted by molar-refractivity contribution is 5.81. The molecule has 0 aliphatic heterocycles. The Hall–Kier alpha value is -1.11. The first-order chi connectivity index (χ1) is 8.97. The quantitative estimate of drug-likeness (QED) is 0.766. The van der Waals surface area contributed by atoms with Crippen LogP contribution in [0.3, 0.4) is 0 Å². The van der Waals surface area contributed by atoms with Gasteiger partial charge in [0.15, 0.2) is 0 Å². The first-order valence-corrected chi connectivity index (χ1v) is 7.59. The highest BCUT2D eigenvalue weighted by Gasteiger charge is 2.22. The monoisotopic (exact) mass is 258 g/mol. The predicted octanol–water partition coefficient (Wildman–Crippen LogP) is 4.68. The summed E-state index contributed by atoms with van der Waals surface area (Å²) in [7, 11) is 0. The van der Waals surface area contributed by atoms with Gasteiger partial charge in [-0.05, 0) is 35.8 Å². The van der Waals surface area contributed by atoms with Crippen molar-refractivity contribution >= 4 is 5.78 Å². The molecule has 0 atom stereocenters. The maximum absolute atomic E-state index is 12.0. The summed E-state index contributed by atoms with van der Waals surface area (Å²) in [5, 5.41) is 0. The second-order valence-corrected chi connectivity index (χ2v) is 6.89. The molecule has 0 unspecified atom stereocenters. The number of ketones is 1. The lowest BCUT2D eigenvalue weighted by molar-refractivity contribution is -0.122. The van der Waals surface area contributed by atoms with Crippen LogP contribution < -0.4 is 0 Å². The molecule has 1 aliphatic rings. The normalized spacial score (nSPS) is 16.8. The number of hydrogen-bond acceptors (Lipinski definition) is 1. The van der Waals surface area contributed by atoms with E-state index in [0.717, 1.165) is 25.7 Å². The van der Waals surface area contributed by atoms with Crippen molar-refractivity contribution in [2.75, 3.05) is 0 Å². The molecular formula is C18H26O. The van der Waals surface area contributed by atoms with Gasteiger partial charge < -0.3 is 0 Å². The zero-order valence-electron chi connectivity index (χ0n) is 12.5. The van der Waals surface area contributed by atoms with E-state index in [1.807, 2.05) is 0 Å². The first kappa shape index (κ1) is 14.3. The third kappa shape index (κ3) is 3.92. The van der Waals surface area contributed by atoms with Crippen LogP contribution in [0.5, 0.6) is 0 Å². The van der Waals surface area contributed by atoms with Gasteiger partial charge in [0.05, 0.1) is 0 Å². The van der Waals surface area contributed by atoms with E-state index in [4.69, 9.17) is 0 Å². The van der Waals surface area contributed by atoms with Crippen molar-refractivity contribution in [1.29, 1.82) is 0 Å². The molecule has 0 amide bonds. The van der Waals surface area contributed by atoms with Crippen LogP contribution in [0.2, 0.25) is 0 Å². The molecule has 1 fully saturated rings. The maximum atomic E-state index is 12.0. The van der Waals surface area contributed by atoms with E-state index in [2.05, 4.69) is 45.0 Å². The predicted molar refractivity (Wildman–Crippen MR) is 80.4 cm³/mol. The Balaban J connectivity index is 1.87. The third-order valence-electron chi connectivity index (χ3n) is 4.29. The van der Waals surface area contributed by atoms with Gasteiger partial charge >= 0.3 is 0 Å². The Morgan fingerprint density at radius 1 is 1.11 bits per heavy atom. The molecule has 0 N–H and O–H groups in total. The van der Waals surface area contributed by atoms with Crippen LogP contribution >= 0.6 is 0 Å². The van der Waals surface area contributed by atoms with E-state index in [0.29, 0.717) is 11.7 Å².